The van der Waals surface area contributed by atoms with Crippen LogP contribution < -0.4 is 10.5 Å². The lowest BCUT2D eigenvalue weighted by molar-refractivity contribution is 0.372. The van der Waals surface area contributed by atoms with Crippen molar-refractivity contribution >= 4 is 43.4 Å². The molecule has 0 saturated heterocycles. The lowest BCUT2D eigenvalue weighted by atomic mass is 10.3. The van der Waals surface area contributed by atoms with E-state index in [0.29, 0.717) is 10.2 Å². The zero-order valence-electron chi connectivity index (χ0n) is 12.6. The molecular weight excluding hydrogens is 376 g/mol. The van der Waals surface area contributed by atoms with E-state index in [2.05, 4.69) is 15.9 Å². The van der Waals surface area contributed by atoms with E-state index >= 15 is 0 Å². The van der Waals surface area contributed by atoms with E-state index in [1.54, 1.807) is 24.9 Å². The van der Waals surface area contributed by atoms with Gasteiger partial charge in [0.25, 0.3) is 0 Å². The number of anilines is 1. The van der Waals surface area contributed by atoms with Gasteiger partial charge in [-0.2, -0.15) is 16.1 Å². The van der Waals surface area contributed by atoms with Crippen LogP contribution in [0.1, 0.15) is 13.3 Å². The summed E-state index contributed by atoms with van der Waals surface area (Å²) in [5, 5.41) is 0. The highest BCUT2D eigenvalue weighted by atomic mass is 79.9. The Morgan fingerprint density at radius 2 is 2.10 bits per heavy atom. The lowest BCUT2D eigenvalue weighted by Crippen LogP contribution is -2.35. The van der Waals surface area contributed by atoms with Crippen LogP contribution in [0.3, 0.4) is 0 Å². The zero-order valence-corrected chi connectivity index (χ0v) is 15.8. The van der Waals surface area contributed by atoms with Gasteiger partial charge in [-0.3, -0.25) is 0 Å². The van der Waals surface area contributed by atoms with Gasteiger partial charge in [-0.25, -0.2) is 8.42 Å². The summed E-state index contributed by atoms with van der Waals surface area (Å²) in [7, 11) is -0.632. The maximum absolute atomic E-state index is 12.7. The van der Waals surface area contributed by atoms with Gasteiger partial charge in [-0.05, 0) is 53.4 Å². The average molecular weight is 397 g/mol. The fourth-order valence-electron chi connectivity index (χ4n) is 1.77. The molecule has 0 radical (unpaired) electrons. The Kier molecular flexibility index (Phi) is 6.83. The van der Waals surface area contributed by atoms with Gasteiger partial charge in [0.05, 0.1) is 7.11 Å². The van der Waals surface area contributed by atoms with E-state index < -0.39 is 10.0 Å². The van der Waals surface area contributed by atoms with Gasteiger partial charge in [-0.1, -0.05) is 0 Å². The summed E-state index contributed by atoms with van der Waals surface area (Å²) in [6.45, 7) is 1.89. The number of hydrogen-bond donors (Lipinski definition) is 1. The third-order valence-electron chi connectivity index (χ3n) is 3.30. The standard InChI is InChI=1S/C13H21BrN2O3S2/c1-9(5-6-20-4)16(2)21(17,18)13-8-11(15)10(14)7-12(13)19-3/h7-9H,5-6,15H2,1-4H3. The van der Waals surface area contributed by atoms with Gasteiger partial charge in [0.15, 0.2) is 0 Å². The molecule has 5 nitrogen and oxygen atoms in total. The maximum Gasteiger partial charge on any atom is 0.246 e. The monoisotopic (exact) mass is 396 g/mol. The van der Waals surface area contributed by atoms with Crippen LogP contribution in [-0.4, -0.2) is 44.9 Å². The van der Waals surface area contributed by atoms with Gasteiger partial charge >= 0.3 is 0 Å². The molecule has 1 aromatic carbocycles. The topological polar surface area (TPSA) is 72.6 Å². The molecule has 0 heterocycles. The van der Waals surface area contributed by atoms with Crippen LogP contribution >= 0.6 is 27.7 Å². The van der Waals surface area contributed by atoms with Crippen LogP contribution in [0.2, 0.25) is 0 Å². The minimum absolute atomic E-state index is 0.0872. The first-order valence-electron chi connectivity index (χ1n) is 6.35. The second-order valence-electron chi connectivity index (χ2n) is 4.68. The van der Waals surface area contributed by atoms with Crippen LogP contribution in [0.15, 0.2) is 21.5 Å². The number of ether oxygens (including phenoxy) is 1. The number of benzene rings is 1. The van der Waals surface area contributed by atoms with E-state index in [1.807, 2.05) is 13.2 Å². The largest absolute Gasteiger partial charge is 0.495 e. The van der Waals surface area contributed by atoms with E-state index in [4.69, 9.17) is 10.5 Å². The predicted octanol–water partition coefficient (Wildman–Crippen LogP) is 2.80. The van der Waals surface area contributed by atoms with Gasteiger partial charge < -0.3 is 10.5 Å². The predicted molar refractivity (Wildman–Crippen MR) is 92.5 cm³/mol. The molecule has 0 aliphatic carbocycles. The molecule has 1 unspecified atom stereocenters. The number of methoxy groups -OCH3 is 1. The van der Waals surface area contributed by atoms with Crippen LogP contribution in [-0.2, 0) is 10.0 Å². The number of thioether (sulfide) groups is 1. The fourth-order valence-corrected chi connectivity index (χ4v) is 4.24. The Hall–Kier alpha value is -0.440. The van der Waals surface area contributed by atoms with E-state index in [9.17, 15) is 8.42 Å². The number of nitrogens with two attached hydrogens (primary N) is 1. The second kappa shape index (κ2) is 7.71. The summed E-state index contributed by atoms with van der Waals surface area (Å²) in [6.07, 6.45) is 2.78. The molecule has 1 rings (SSSR count). The van der Waals surface area contributed by atoms with Crippen molar-refractivity contribution in [3.63, 3.8) is 0 Å². The Morgan fingerprint density at radius 1 is 1.48 bits per heavy atom. The summed E-state index contributed by atoms with van der Waals surface area (Å²) >= 11 is 4.97. The molecule has 0 aliphatic heterocycles. The molecule has 0 amide bonds. The van der Waals surface area contributed by atoms with Crippen LogP contribution in [0, 0.1) is 0 Å². The van der Waals surface area contributed by atoms with Crippen molar-refractivity contribution in [1.29, 1.82) is 0 Å². The first kappa shape index (κ1) is 18.6. The molecular formula is C13H21BrN2O3S2. The van der Waals surface area contributed by atoms with Crippen molar-refractivity contribution in [2.75, 3.05) is 31.9 Å². The zero-order chi connectivity index (χ0) is 16.2. The number of sulfonamides is 1. The van der Waals surface area contributed by atoms with Crippen LogP contribution in [0.25, 0.3) is 0 Å². The lowest BCUT2D eigenvalue weighted by Gasteiger charge is -2.25. The third kappa shape index (κ3) is 4.28. The maximum atomic E-state index is 12.7. The molecule has 0 saturated carbocycles. The van der Waals surface area contributed by atoms with Crippen molar-refractivity contribution < 1.29 is 13.2 Å². The average Bonchev–Trinajstić information content (AvgIpc) is 2.45. The van der Waals surface area contributed by atoms with E-state index in [-0.39, 0.29) is 16.7 Å². The Morgan fingerprint density at radius 3 is 2.62 bits per heavy atom. The Bertz CT molecular complexity index is 593. The number of hydrogen-bond acceptors (Lipinski definition) is 5. The van der Waals surface area contributed by atoms with Crippen molar-refractivity contribution in [1.82, 2.24) is 4.31 Å². The molecule has 0 fully saturated rings. The fraction of sp³-hybridized carbons (Fsp3) is 0.538. The summed E-state index contributed by atoms with van der Waals surface area (Å²) in [5.74, 6) is 1.18. The number of nitrogens with zero attached hydrogens (tertiary/aromatic N) is 1. The highest BCUT2D eigenvalue weighted by Gasteiger charge is 2.29. The molecule has 0 spiro atoms. The van der Waals surface area contributed by atoms with Crippen molar-refractivity contribution in [2.24, 2.45) is 0 Å². The van der Waals surface area contributed by atoms with E-state index in [1.165, 1.54) is 17.5 Å². The molecule has 120 valence electrons. The van der Waals surface area contributed by atoms with Gasteiger partial charge in [0, 0.05) is 23.2 Å². The second-order valence-corrected chi connectivity index (χ2v) is 8.48. The molecule has 1 aromatic rings. The van der Waals surface area contributed by atoms with Crippen LogP contribution in [0.5, 0.6) is 5.75 Å². The number of rotatable bonds is 7. The van der Waals surface area contributed by atoms with Crippen LogP contribution in [0.4, 0.5) is 5.69 Å². The smallest absolute Gasteiger partial charge is 0.246 e. The van der Waals surface area contributed by atoms with Crippen molar-refractivity contribution in [3.05, 3.63) is 16.6 Å². The summed E-state index contributed by atoms with van der Waals surface area (Å²) in [5.41, 5.74) is 6.17. The van der Waals surface area contributed by atoms with E-state index in [0.717, 1.165) is 12.2 Å². The number of halogens is 1. The summed E-state index contributed by atoms with van der Waals surface area (Å²) in [4.78, 5) is 0.0872. The van der Waals surface area contributed by atoms with Gasteiger partial charge in [-0.15, -0.1) is 0 Å². The first-order valence-corrected chi connectivity index (χ1v) is 9.98. The molecule has 0 aromatic heterocycles. The minimum Gasteiger partial charge on any atom is -0.495 e. The highest BCUT2D eigenvalue weighted by Crippen LogP contribution is 2.34. The van der Waals surface area contributed by atoms with Gasteiger partial charge in [0.1, 0.15) is 10.6 Å². The summed E-state index contributed by atoms with van der Waals surface area (Å²) < 4.78 is 32.7. The molecule has 21 heavy (non-hydrogen) atoms. The summed E-state index contributed by atoms with van der Waals surface area (Å²) in [6, 6.07) is 2.90. The molecule has 0 aliphatic rings. The highest BCUT2D eigenvalue weighted by molar-refractivity contribution is 9.10. The minimum atomic E-state index is -3.65. The molecule has 2 N–H and O–H groups in total. The Balaban J connectivity index is 3.21. The quantitative estimate of drug-likeness (QED) is 0.717. The molecule has 0 bridgehead atoms. The third-order valence-corrected chi connectivity index (χ3v) is 6.62. The van der Waals surface area contributed by atoms with Crippen molar-refractivity contribution in [2.45, 2.75) is 24.3 Å². The normalized spacial score (nSPS) is 13.4. The molecule has 8 heteroatoms. The Labute approximate surface area is 139 Å². The first-order chi connectivity index (χ1) is 9.75. The number of nitrogen functional groups attached to an aromatic ring is 1. The molecule has 1 atom stereocenters. The van der Waals surface area contributed by atoms with Crippen molar-refractivity contribution in [3.8, 4) is 5.75 Å². The van der Waals surface area contributed by atoms with Gasteiger partial charge in [0.2, 0.25) is 10.0 Å². The SMILES string of the molecule is COc1cc(Br)c(N)cc1S(=O)(=O)N(C)C(C)CCSC.